The highest BCUT2D eigenvalue weighted by Crippen LogP contribution is 2.19. The van der Waals surface area contributed by atoms with Crippen LogP contribution >= 0.6 is 0 Å². The minimum Gasteiger partial charge on any atom is -0.394 e. The lowest BCUT2D eigenvalue weighted by Gasteiger charge is -2.12. The van der Waals surface area contributed by atoms with Crippen LogP contribution in [-0.4, -0.2) is 37.1 Å². The van der Waals surface area contributed by atoms with E-state index in [0.29, 0.717) is 12.5 Å². The number of ether oxygens (including phenoxy) is 2. The van der Waals surface area contributed by atoms with Crippen LogP contribution in [0.3, 0.4) is 0 Å². The van der Waals surface area contributed by atoms with Crippen molar-refractivity contribution in [2.75, 3.05) is 19.8 Å². The van der Waals surface area contributed by atoms with Gasteiger partial charge < -0.3 is 14.6 Å². The molecule has 2 atom stereocenters. The molecule has 3 heteroatoms. The molecule has 0 aromatic rings. The molecule has 0 amide bonds. The first-order chi connectivity index (χ1) is 6.72. The van der Waals surface area contributed by atoms with Crippen LogP contribution in [0.25, 0.3) is 0 Å². The second-order valence-corrected chi connectivity index (χ2v) is 4.40. The topological polar surface area (TPSA) is 38.7 Å². The van der Waals surface area contributed by atoms with Gasteiger partial charge in [0.1, 0.15) is 0 Å². The molecule has 0 spiro atoms. The van der Waals surface area contributed by atoms with Gasteiger partial charge in [0.25, 0.3) is 0 Å². The van der Waals surface area contributed by atoms with Gasteiger partial charge in [0, 0.05) is 6.61 Å². The van der Waals surface area contributed by atoms with E-state index in [4.69, 9.17) is 14.6 Å². The Bertz CT molecular complexity index is 147. The van der Waals surface area contributed by atoms with Crippen LogP contribution < -0.4 is 0 Å². The van der Waals surface area contributed by atoms with E-state index in [9.17, 15) is 0 Å². The van der Waals surface area contributed by atoms with Crippen LogP contribution in [-0.2, 0) is 9.47 Å². The van der Waals surface area contributed by atoms with Gasteiger partial charge in [-0.2, -0.15) is 0 Å². The smallest absolute Gasteiger partial charge is 0.0814 e. The molecule has 3 nitrogen and oxygen atoms in total. The Labute approximate surface area is 86.4 Å². The monoisotopic (exact) mass is 202 g/mol. The summed E-state index contributed by atoms with van der Waals surface area (Å²) >= 11 is 0. The van der Waals surface area contributed by atoms with Crippen molar-refractivity contribution >= 4 is 0 Å². The second kappa shape index (κ2) is 6.38. The summed E-state index contributed by atoms with van der Waals surface area (Å²) in [5.74, 6) is 0.699. The Hall–Kier alpha value is -0.120. The summed E-state index contributed by atoms with van der Waals surface area (Å²) in [4.78, 5) is 0. The first-order valence-corrected chi connectivity index (χ1v) is 5.56. The maximum atomic E-state index is 8.86. The minimum atomic E-state index is 0.0497. The van der Waals surface area contributed by atoms with E-state index >= 15 is 0 Å². The van der Waals surface area contributed by atoms with Crippen LogP contribution in [0.5, 0.6) is 0 Å². The number of rotatable bonds is 6. The van der Waals surface area contributed by atoms with Gasteiger partial charge in [0.2, 0.25) is 0 Å². The Morgan fingerprint density at radius 2 is 2.07 bits per heavy atom. The summed E-state index contributed by atoms with van der Waals surface area (Å²) in [5.41, 5.74) is 0. The number of hydrogen-bond donors (Lipinski definition) is 1. The molecule has 84 valence electrons. The molecule has 1 aliphatic heterocycles. The van der Waals surface area contributed by atoms with E-state index in [0.717, 1.165) is 25.9 Å². The quantitative estimate of drug-likeness (QED) is 0.665. The normalized spacial score (nSPS) is 27.4. The zero-order valence-electron chi connectivity index (χ0n) is 9.24. The van der Waals surface area contributed by atoms with Crippen LogP contribution in [0.15, 0.2) is 0 Å². The van der Waals surface area contributed by atoms with E-state index in [2.05, 4.69) is 13.8 Å². The fourth-order valence-corrected chi connectivity index (χ4v) is 1.57. The SMILES string of the molecule is CC(C)CCOCC1CCC(CO)O1. The molecule has 0 radical (unpaired) electrons. The molecular weight excluding hydrogens is 180 g/mol. The average molecular weight is 202 g/mol. The van der Waals surface area contributed by atoms with Crippen molar-refractivity contribution in [3.63, 3.8) is 0 Å². The van der Waals surface area contributed by atoms with E-state index in [1.54, 1.807) is 0 Å². The Morgan fingerprint density at radius 3 is 2.64 bits per heavy atom. The molecule has 0 aromatic heterocycles. The van der Waals surface area contributed by atoms with Gasteiger partial charge in [0.15, 0.2) is 0 Å². The van der Waals surface area contributed by atoms with Crippen molar-refractivity contribution in [2.24, 2.45) is 5.92 Å². The Kier molecular flexibility index (Phi) is 5.45. The van der Waals surface area contributed by atoms with Crippen molar-refractivity contribution in [1.82, 2.24) is 0 Å². The molecule has 1 rings (SSSR count). The molecule has 1 aliphatic rings. The third-order valence-electron chi connectivity index (χ3n) is 2.54. The van der Waals surface area contributed by atoms with Crippen LogP contribution in [0.2, 0.25) is 0 Å². The molecule has 14 heavy (non-hydrogen) atoms. The summed E-state index contributed by atoms with van der Waals surface area (Å²) < 4.78 is 11.1. The number of aliphatic hydroxyl groups excluding tert-OH is 1. The molecule has 1 heterocycles. The summed E-state index contributed by atoms with van der Waals surface area (Å²) in [6, 6.07) is 0. The van der Waals surface area contributed by atoms with E-state index in [-0.39, 0.29) is 18.8 Å². The molecule has 0 bridgehead atoms. The van der Waals surface area contributed by atoms with Gasteiger partial charge in [-0.1, -0.05) is 13.8 Å². The Balaban J connectivity index is 1.97. The van der Waals surface area contributed by atoms with Crippen molar-refractivity contribution in [2.45, 2.75) is 45.3 Å². The van der Waals surface area contributed by atoms with Crippen LogP contribution in [0, 0.1) is 5.92 Å². The highest BCUT2D eigenvalue weighted by Gasteiger charge is 2.24. The van der Waals surface area contributed by atoms with Gasteiger partial charge in [-0.05, 0) is 25.2 Å². The molecule has 0 saturated carbocycles. The summed E-state index contributed by atoms with van der Waals surface area (Å²) in [6.45, 7) is 6.03. The van der Waals surface area contributed by atoms with Gasteiger partial charge in [-0.15, -0.1) is 0 Å². The standard InChI is InChI=1S/C11H22O3/c1-9(2)5-6-13-8-11-4-3-10(7-12)14-11/h9-12H,3-8H2,1-2H3. The third kappa shape index (κ3) is 4.40. The zero-order chi connectivity index (χ0) is 10.4. The molecule has 1 saturated heterocycles. The van der Waals surface area contributed by atoms with Crippen molar-refractivity contribution in [3.8, 4) is 0 Å². The lowest BCUT2D eigenvalue weighted by Crippen LogP contribution is -2.19. The molecule has 0 aromatic carbocycles. The highest BCUT2D eigenvalue weighted by atomic mass is 16.5. The van der Waals surface area contributed by atoms with Crippen LogP contribution in [0.1, 0.15) is 33.1 Å². The Morgan fingerprint density at radius 1 is 1.36 bits per heavy atom. The third-order valence-corrected chi connectivity index (χ3v) is 2.54. The van der Waals surface area contributed by atoms with Crippen molar-refractivity contribution < 1.29 is 14.6 Å². The maximum absolute atomic E-state index is 8.86. The number of aliphatic hydroxyl groups is 1. The summed E-state index contributed by atoms with van der Waals surface area (Å²) in [6.07, 6.45) is 3.35. The van der Waals surface area contributed by atoms with E-state index < -0.39 is 0 Å². The maximum Gasteiger partial charge on any atom is 0.0814 e. The van der Waals surface area contributed by atoms with Gasteiger partial charge in [0.05, 0.1) is 25.4 Å². The van der Waals surface area contributed by atoms with Crippen LogP contribution in [0.4, 0.5) is 0 Å². The lowest BCUT2D eigenvalue weighted by molar-refractivity contribution is -0.0327. The molecule has 1 fully saturated rings. The lowest BCUT2D eigenvalue weighted by atomic mass is 10.1. The fraction of sp³-hybridized carbons (Fsp3) is 1.00. The highest BCUT2D eigenvalue weighted by molar-refractivity contribution is 4.72. The predicted molar refractivity (Wildman–Crippen MR) is 55.3 cm³/mol. The first-order valence-electron chi connectivity index (χ1n) is 5.56. The zero-order valence-corrected chi connectivity index (χ0v) is 9.24. The van der Waals surface area contributed by atoms with E-state index in [1.807, 2.05) is 0 Å². The fourth-order valence-electron chi connectivity index (χ4n) is 1.57. The van der Waals surface area contributed by atoms with E-state index in [1.165, 1.54) is 0 Å². The molecule has 0 aliphatic carbocycles. The molecule has 2 unspecified atom stereocenters. The summed E-state index contributed by atoms with van der Waals surface area (Å²) in [7, 11) is 0. The van der Waals surface area contributed by atoms with Gasteiger partial charge in [-0.25, -0.2) is 0 Å². The molecular formula is C11H22O3. The average Bonchev–Trinajstić information content (AvgIpc) is 2.60. The summed E-state index contributed by atoms with van der Waals surface area (Å²) in [5, 5.41) is 8.86. The van der Waals surface area contributed by atoms with Gasteiger partial charge in [-0.3, -0.25) is 0 Å². The van der Waals surface area contributed by atoms with Gasteiger partial charge >= 0.3 is 0 Å². The number of hydrogen-bond acceptors (Lipinski definition) is 3. The molecule has 1 N–H and O–H groups in total. The second-order valence-electron chi connectivity index (χ2n) is 4.40. The largest absolute Gasteiger partial charge is 0.394 e. The van der Waals surface area contributed by atoms with Crippen molar-refractivity contribution in [1.29, 1.82) is 0 Å². The minimum absolute atomic E-state index is 0.0497. The van der Waals surface area contributed by atoms with Crippen molar-refractivity contribution in [3.05, 3.63) is 0 Å². The first kappa shape index (κ1) is 12.0. The predicted octanol–water partition coefficient (Wildman–Crippen LogP) is 1.59.